The number of rotatable bonds is 4. The van der Waals surface area contributed by atoms with E-state index in [1.54, 1.807) is 10.9 Å². The second-order valence-electron chi connectivity index (χ2n) is 7.59. The quantitative estimate of drug-likeness (QED) is 0.529. The van der Waals surface area contributed by atoms with E-state index in [4.69, 9.17) is 9.47 Å². The smallest absolute Gasteiger partial charge is 0.248 e. The molecule has 0 aliphatic carbocycles. The van der Waals surface area contributed by atoms with Gasteiger partial charge in [-0.05, 0) is 58.8 Å². The van der Waals surface area contributed by atoms with E-state index in [2.05, 4.69) is 25.8 Å². The van der Waals surface area contributed by atoms with Gasteiger partial charge in [0.15, 0.2) is 0 Å². The summed E-state index contributed by atoms with van der Waals surface area (Å²) in [5, 5.41) is 15.9. The van der Waals surface area contributed by atoms with Gasteiger partial charge < -0.3 is 14.8 Å². The van der Waals surface area contributed by atoms with E-state index in [9.17, 15) is 0 Å². The van der Waals surface area contributed by atoms with Gasteiger partial charge in [-0.25, -0.2) is 0 Å². The molecule has 2 aliphatic heterocycles. The van der Waals surface area contributed by atoms with Gasteiger partial charge in [-0.1, -0.05) is 35.4 Å². The summed E-state index contributed by atoms with van der Waals surface area (Å²) in [4.78, 5) is 4.35. The van der Waals surface area contributed by atoms with Crippen molar-refractivity contribution in [2.24, 2.45) is 0 Å². The van der Waals surface area contributed by atoms with Crippen molar-refractivity contribution in [3.63, 3.8) is 0 Å². The molecule has 4 aromatic rings. The van der Waals surface area contributed by atoms with Crippen LogP contribution >= 0.6 is 0 Å². The summed E-state index contributed by atoms with van der Waals surface area (Å²) >= 11 is 0. The van der Waals surface area contributed by atoms with Gasteiger partial charge in [0.05, 0.1) is 12.3 Å². The third-order valence-electron chi connectivity index (χ3n) is 5.74. The van der Waals surface area contributed by atoms with E-state index in [0.717, 1.165) is 39.5 Å². The Kier molecular flexibility index (Phi) is 4.34. The van der Waals surface area contributed by atoms with Crippen molar-refractivity contribution in [2.45, 2.75) is 19.1 Å². The highest BCUT2D eigenvalue weighted by Crippen LogP contribution is 2.50. The highest BCUT2D eigenvalue weighted by atomic mass is 16.5. The topological polar surface area (TPSA) is 87.0 Å². The van der Waals surface area contributed by atoms with Crippen LogP contribution in [0, 0.1) is 0 Å². The number of nitrogens with one attached hydrogen (secondary N) is 1. The molecule has 8 nitrogen and oxygen atoms in total. The van der Waals surface area contributed by atoms with Crippen molar-refractivity contribution in [1.29, 1.82) is 0 Å². The van der Waals surface area contributed by atoms with E-state index < -0.39 is 0 Å². The maximum atomic E-state index is 6.59. The summed E-state index contributed by atoms with van der Waals surface area (Å²) in [5.74, 6) is 2.22. The number of hydrogen-bond acceptors (Lipinski definition) is 7. The van der Waals surface area contributed by atoms with Crippen molar-refractivity contribution in [3.05, 3.63) is 95.3 Å². The summed E-state index contributed by atoms with van der Waals surface area (Å²) in [6.07, 6.45) is 3.27. The molecule has 0 amide bonds. The summed E-state index contributed by atoms with van der Waals surface area (Å²) in [5.41, 5.74) is 4.96. The number of tetrazole rings is 1. The first-order valence-corrected chi connectivity index (χ1v) is 10.5. The summed E-state index contributed by atoms with van der Waals surface area (Å²) in [6, 6.07) is 19.7. The maximum absolute atomic E-state index is 6.59. The number of hydrogen-bond donors (Lipinski definition) is 1. The molecule has 6 rings (SSSR count). The van der Waals surface area contributed by atoms with Crippen molar-refractivity contribution in [3.8, 4) is 11.5 Å². The zero-order valence-corrected chi connectivity index (χ0v) is 17.3. The number of aromatic nitrogens is 5. The lowest BCUT2D eigenvalue weighted by Crippen LogP contribution is -2.32. The van der Waals surface area contributed by atoms with E-state index in [1.807, 2.05) is 73.8 Å². The van der Waals surface area contributed by atoms with Crippen LogP contribution in [0.15, 0.2) is 78.6 Å². The predicted octanol–water partition coefficient (Wildman–Crippen LogP) is 4.03. The molecule has 2 aromatic heterocycles. The molecule has 0 saturated carbocycles. The molecular formula is C24H20N6O2. The molecule has 2 atom stereocenters. The minimum absolute atomic E-state index is 0.269. The van der Waals surface area contributed by atoms with Crippen molar-refractivity contribution < 1.29 is 9.47 Å². The summed E-state index contributed by atoms with van der Waals surface area (Å²) in [6.45, 7) is 2.60. The molecule has 1 N–H and O–H groups in total. The van der Waals surface area contributed by atoms with E-state index >= 15 is 0 Å². The Morgan fingerprint density at radius 1 is 1.03 bits per heavy atom. The number of fused-ring (bicyclic) bond motifs is 3. The SMILES string of the molecule is CCOc1ccc([C@H]2Oc3ccccc3C3=C2[C@H](c2cccnc2)n2nnnc2N3)cc1. The van der Waals surface area contributed by atoms with Crippen LogP contribution in [0.3, 0.4) is 0 Å². The first kappa shape index (κ1) is 18.6. The fourth-order valence-electron chi connectivity index (χ4n) is 4.38. The van der Waals surface area contributed by atoms with E-state index in [0.29, 0.717) is 12.6 Å². The van der Waals surface area contributed by atoms with Crippen LogP contribution in [-0.4, -0.2) is 31.8 Å². The zero-order chi connectivity index (χ0) is 21.5. The van der Waals surface area contributed by atoms with Crippen LogP contribution in [0.1, 0.15) is 35.8 Å². The fourth-order valence-corrected chi connectivity index (χ4v) is 4.38. The average molecular weight is 424 g/mol. The molecule has 4 heterocycles. The minimum atomic E-state index is -0.342. The molecule has 0 bridgehead atoms. The van der Waals surface area contributed by atoms with Gasteiger partial charge in [-0.3, -0.25) is 4.98 Å². The number of para-hydroxylation sites is 1. The number of anilines is 1. The van der Waals surface area contributed by atoms with Crippen LogP contribution in [-0.2, 0) is 0 Å². The van der Waals surface area contributed by atoms with E-state index in [1.165, 1.54) is 0 Å². The molecule has 0 radical (unpaired) electrons. The Labute approximate surface area is 184 Å². The number of ether oxygens (including phenoxy) is 2. The summed E-state index contributed by atoms with van der Waals surface area (Å²) < 4.78 is 14.0. The number of nitrogens with zero attached hydrogens (tertiary/aromatic N) is 5. The monoisotopic (exact) mass is 424 g/mol. The number of benzene rings is 2. The molecular weight excluding hydrogens is 404 g/mol. The Balaban J connectivity index is 1.57. The molecule has 0 fully saturated rings. The molecule has 2 aliphatic rings. The third-order valence-corrected chi connectivity index (χ3v) is 5.74. The average Bonchev–Trinajstić information content (AvgIpc) is 3.32. The van der Waals surface area contributed by atoms with Crippen LogP contribution in [0.4, 0.5) is 5.95 Å². The first-order valence-electron chi connectivity index (χ1n) is 10.5. The lowest BCUT2D eigenvalue weighted by Gasteiger charge is -2.38. The molecule has 32 heavy (non-hydrogen) atoms. The second kappa shape index (κ2) is 7.49. The van der Waals surface area contributed by atoms with Gasteiger partial charge >= 0.3 is 0 Å². The number of pyridine rings is 1. The normalized spacial score (nSPS) is 18.7. The van der Waals surface area contributed by atoms with Gasteiger partial charge in [-0.2, -0.15) is 4.68 Å². The zero-order valence-electron chi connectivity index (χ0n) is 17.3. The standard InChI is InChI=1S/C24H20N6O2/c1-2-31-17-11-9-15(10-12-17)23-20-21(18-7-3-4-8-19(18)32-23)26-24-27-28-29-30(24)22(20)16-6-5-13-25-14-16/h3-14,22-23H,2H2,1H3,(H,26,27,29)/t22-,23+/m0/s1. The van der Waals surface area contributed by atoms with E-state index in [-0.39, 0.29) is 12.1 Å². The van der Waals surface area contributed by atoms with Gasteiger partial charge in [0.25, 0.3) is 0 Å². The lowest BCUT2D eigenvalue weighted by molar-refractivity contribution is 0.222. The van der Waals surface area contributed by atoms with Gasteiger partial charge in [-0.15, -0.1) is 0 Å². The Hall–Kier alpha value is -4.20. The molecule has 8 heteroatoms. The van der Waals surface area contributed by atoms with Crippen molar-refractivity contribution >= 4 is 11.6 Å². The Bertz CT molecular complexity index is 1300. The van der Waals surface area contributed by atoms with Crippen molar-refractivity contribution in [1.82, 2.24) is 25.2 Å². The summed E-state index contributed by atoms with van der Waals surface area (Å²) in [7, 11) is 0. The van der Waals surface area contributed by atoms with Crippen LogP contribution in [0.2, 0.25) is 0 Å². The van der Waals surface area contributed by atoms with Crippen LogP contribution in [0.25, 0.3) is 5.70 Å². The predicted molar refractivity (Wildman–Crippen MR) is 118 cm³/mol. The minimum Gasteiger partial charge on any atom is -0.494 e. The second-order valence-corrected chi connectivity index (χ2v) is 7.59. The third kappa shape index (κ3) is 2.91. The first-order chi connectivity index (χ1) is 15.8. The van der Waals surface area contributed by atoms with Gasteiger partial charge in [0.1, 0.15) is 23.6 Å². The highest BCUT2D eigenvalue weighted by molar-refractivity contribution is 5.85. The van der Waals surface area contributed by atoms with Gasteiger partial charge in [0, 0.05) is 23.5 Å². The van der Waals surface area contributed by atoms with Gasteiger partial charge in [0.2, 0.25) is 5.95 Å². The fraction of sp³-hybridized carbons (Fsp3) is 0.167. The molecule has 0 saturated heterocycles. The van der Waals surface area contributed by atoms with Crippen LogP contribution in [0.5, 0.6) is 11.5 Å². The Morgan fingerprint density at radius 3 is 2.72 bits per heavy atom. The molecule has 2 aromatic carbocycles. The molecule has 0 unspecified atom stereocenters. The molecule has 158 valence electrons. The molecule has 0 spiro atoms. The van der Waals surface area contributed by atoms with Crippen molar-refractivity contribution in [2.75, 3.05) is 11.9 Å². The Morgan fingerprint density at radius 2 is 1.91 bits per heavy atom. The highest BCUT2D eigenvalue weighted by Gasteiger charge is 2.41. The lowest BCUT2D eigenvalue weighted by atomic mass is 9.85. The largest absolute Gasteiger partial charge is 0.494 e. The van der Waals surface area contributed by atoms with Crippen LogP contribution < -0.4 is 14.8 Å². The maximum Gasteiger partial charge on any atom is 0.248 e.